The van der Waals surface area contributed by atoms with Crippen LogP contribution in [0.1, 0.15) is 25.7 Å². The molecule has 1 saturated carbocycles. The minimum atomic E-state index is -0.378. The molecule has 1 aliphatic carbocycles. The average molecular weight is 303 g/mol. The maximum Gasteiger partial charge on any atom is 0.139 e. The van der Waals surface area contributed by atoms with E-state index in [1.54, 1.807) is 6.07 Å². The number of nitrogens with one attached hydrogen (secondary N) is 1. The van der Waals surface area contributed by atoms with Crippen molar-refractivity contribution in [3.63, 3.8) is 0 Å². The zero-order chi connectivity index (χ0) is 12.4. The van der Waals surface area contributed by atoms with Crippen LogP contribution in [0.25, 0.3) is 0 Å². The highest BCUT2D eigenvalue weighted by molar-refractivity contribution is 9.10. The fourth-order valence-electron chi connectivity index (χ4n) is 2.17. The Morgan fingerprint density at radius 2 is 2.06 bits per heavy atom. The van der Waals surface area contributed by atoms with E-state index >= 15 is 0 Å². The van der Waals surface area contributed by atoms with Gasteiger partial charge in [-0.05, 0) is 34.8 Å². The molecule has 1 fully saturated rings. The molecule has 0 aliphatic heterocycles. The van der Waals surface area contributed by atoms with E-state index in [9.17, 15) is 9.50 Å². The van der Waals surface area contributed by atoms with E-state index in [0.717, 1.165) is 25.7 Å². The molecule has 17 heavy (non-hydrogen) atoms. The number of hydrogen-bond donors (Lipinski definition) is 3. The van der Waals surface area contributed by atoms with Gasteiger partial charge in [-0.3, -0.25) is 0 Å². The molecule has 0 bridgehead atoms. The van der Waals surface area contributed by atoms with E-state index in [4.69, 9.17) is 5.73 Å². The zero-order valence-corrected chi connectivity index (χ0v) is 11.0. The summed E-state index contributed by atoms with van der Waals surface area (Å²) in [5.74, 6) is -0.378. The molecule has 4 N–H and O–H groups in total. The molecule has 0 aromatic heterocycles. The lowest BCUT2D eigenvalue weighted by atomic mass is 9.92. The molecule has 2 unspecified atom stereocenters. The Balaban J connectivity index is 2.15. The summed E-state index contributed by atoms with van der Waals surface area (Å²) in [5.41, 5.74) is 6.78. The second-order valence-electron chi connectivity index (χ2n) is 4.46. The Kier molecular flexibility index (Phi) is 3.89. The fourth-order valence-corrected chi connectivity index (χ4v) is 2.51. The van der Waals surface area contributed by atoms with Gasteiger partial charge in [-0.15, -0.1) is 0 Å². The maximum atomic E-state index is 13.2. The molecular formula is C12H16BrFN2O. The van der Waals surface area contributed by atoms with Crippen molar-refractivity contribution in [1.29, 1.82) is 0 Å². The Morgan fingerprint density at radius 3 is 2.76 bits per heavy atom. The van der Waals surface area contributed by atoms with Gasteiger partial charge in [-0.1, -0.05) is 12.8 Å². The SMILES string of the molecule is Nc1cc(F)c(Br)cc1NC1CCCCC1O. The lowest BCUT2D eigenvalue weighted by Gasteiger charge is -2.29. The van der Waals surface area contributed by atoms with Gasteiger partial charge in [0.2, 0.25) is 0 Å². The monoisotopic (exact) mass is 302 g/mol. The second kappa shape index (κ2) is 5.23. The maximum absolute atomic E-state index is 13.2. The average Bonchev–Trinajstić information content (AvgIpc) is 2.29. The first kappa shape index (κ1) is 12.6. The normalized spacial score (nSPS) is 24.6. The molecule has 0 spiro atoms. The van der Waals surface area contributed by atoms with Crippen LogP contribution in [0, 0.1) is 5.82 Å². The van der Waals surface area contributed by atoms with Gasteiger partial charge in [0.05, 0.1) is 28.0 Å². The van der Waals surface area contributed by atoms with Crippen LogP contribution in [0.2, 0.25) is 0 Å². The summed E-state index contributed by atoms with van der Waals surface area (Å²) < 4.78 is 13.6. The lowest BCUT2D eigenvalue weighted by molar-refractivity contribution is 0.116. The van der Waals surface area contributed by atoms with Gasteiger partial charge in [0.25, 0.3) is 0 Å². The minimum Gasteiger partial charge on any atom is -0.397 e. The molecule has 0 saturated heterocycles. The van der Waals surface area contributed by atoms with E-state index in [2.05, 4.69) is 21.2 Å². The first-order valence-electron chi connectivity index (χ1n) is 5.77. The molecule has 2 rings (SSSR count). The minimum absolute atomic E-state index is 0.00316. The van der Waals surface area contributed by atoms with Crippen LogP contribution in [-0.2, 0) is 0 Å². The molecule has 3 nitrogen and oxygen atoms in total. The van der Waals surface area contributed by atoms with E-state index in [0.29, 0.717) is 15.8 Å². The number of halogens is 2. The number of anilines is 2. The molecule has 0 heterocycles. The van der Waals surface area contributed by atoms with E-state index < -0.39 is 0 Å². The van der Waals surface area contributed by atoms with E-state index in [1.165, 1.54) is 6.07 Å². The molecule has 0 amide bonds. The summed E-state index contributed by atoms with van der Waals surface area (Å²) in [6, 6.07) is 2.90. The third-order valence-electron chi connectivity index (χ3n) is 3.16. The topological polar surface area (TPSA) is 58.3 Å². The Bertz CT molecular complexity index is 414. The van der Waals surface area contributed by atoms with Crippen LogP contribution < -0.4 is 11.1 Å². The summed E-state index contributed by atoms with van der Waals surface area (Å²) in [4.78, 5) is 0. The number of nitrogen functional groups attached to an aromatic ring is 1. The van der Waals surface area contributed by atoms with E-state index in [1.807, 2.05) is 0 Å². The predicted octanol–water partition coefficient (Wildman–Crippen LogP) is 2.89. The van der Waals surface area contributed by atoms with Crippen LogP contribution in [0.15, 0.2) is 16.6 Å². The quantitative estimate of drug-likeness (QED) is 0.736. The van der Waals surface area contributed by atoms with Crippen LogP contribution in [0.3, 0.4) is 0 Å². The highest BCUT2D eigenvalue weighted by atomic mass is 79.9. The third-order valence-corrected chi connectivity index (χ3v) is 3.77. The number of aliphatic hydroxyl groups excluding tert-OH is 1. The first-order chi connectivity index (χ1) is 8.08. The Hall–Kier alpha value is -0.810. The van der Waals surface area contributed by atoms with Crippen molar-refractivity contribution in [3.8, 4) is 0 Å². The number of nitrogens with two attached hydrogens (primary N) is 1. The van der Waals surface area contributed by atoms with Crippen molar-refractivity contribution < 1.29 is 9.50 Å². The van der Waals surface area contributed by atoms with Crippen molar-refractivity contribution >= 4 is 27.3 Å². The van der Waals surface area contributed by atoms with Crippen LogP contribution in [0.5, 0.6) is 0 Å². The van der Waals surface area contributed by atoms with Crippen LogP contribution in [0.4, 0.5) is 15.8 Å². The Morgan fingerprint density at radius 1 is 1.35 bits per heavy atom. The fraction of sp³-hybridized carbons (Fsp3) is 0.500. The molecule has 0 radical (unpaired) electrons. The third kappa shape index (κ3) is 2.90. The molecule has 5 heteroatoms. The smallest absolute Gasteiger partial charge is 0.139 e. The summed E-state index contributed by atoms with van der Waals surface area (Å²) >= 11 is 3.13. The van der Waals surface area contributed by atoms with Gasteiger partial charge in [-0.2, -0.15) is 0 Å². The number of aliphatic hydroxyl groups is 1. The van der Waals surface area contributed by atoms with Gasteiger partial charge >= 0.3 is 0 Å². The van der Waals surface area contributed by atoms with Crippen molar-refractivity contribution in [2.24, 2.45) is 0 Å². The first-order valence-corrected chi connectivity index (χ1v) is 6.56. The Labute approximate surface area is 108 Å². The zero-order valence-electron chi connectivity index (χ0n) is 9.42. The van der Waals surface area contributed by atoms with Crippen molar-refractivity contribution in [3.05, 3.63) is 22.4 Å². The molecule has 1 aromatic rings. The van der Waals surface area contributed by atoms with Gasteiger partial charge in [0, 0.05) is 6.07 Å². The van der Waals surface area contributed by atoms with E-state index in [-0.39, 0.29) is 18.0 Å². The highest BCUT2D eigenvalue weighted by Crippen LogP contribution is 2.29. The number of benzene rings is 1. The molecular weight excluding hydrogens is 287 g/mol. The summed E-state index contributed by atoms with van der Waals surface area (Å²) in [5, 5.41) is 13.1. The van der Waals surface area contributed by atoms with Gasteiger partial charge in [0.15, 0.2) is 0 Å². The molecule has 1 aromatic carbocycles. The number of rotatable bonds is 2. The molecule has 1 aliphatic rings. The lowest BCUT2D eigenvalue weighted by Crippen LogP contribution is -2.36. The molecule has 94 valence electrons. The summed E-state index contributed by atoms with van der Waals surface area (Å²) in [6.45, 7) is 0. The van der Waals surface area contributed by atoms with Gasteiger partial charge in [0.1, 0.15) is 5.82 Å². The van der Waals surface area contributed by atoms with Gasteiger partial charge < -0.3 is 16.2 Å². The van der Waals surface area contributed by atoms with Gasteiger partial charge in [-0.25, -0.2) is 4.39 Å². The standard InChI is InChI=1S/C12H16BrFN2O/c13-7-5-11(9(15)6-8(7)14)16-10-3-1-2-4-12(10)17/h5-6,10,12,16-17H,1-4,15H2. The van der Waals surface area contributed by atoms with Crippen molar-refractivity contribution in [2.45, 2.75) is 37.8 Å². The summed E-state index contributed by atoms with van der Waals surface area (Å²) in [7, 11) is 0. The van der Waals surface area contributed by atoms with Crippen molar-refractivity contribution in [2.75, 3.05) is 11.1 Å². The predicted molar refractivity (Wildman–Crippen MR) is 70.4 cm³/mol. The van der Waals surface area contributed by atoms with Crippen LogP contribution in [-0.4, -0.2) is 17.3 Å². The highest BCUT2D eigenvalue weighted by Gasteiger charge is 2.23. The van der Waals surface area contributed by atoms with Crippen LogP contribution >= 0.6 is 15.9 Å². The number of hydrogen-bond acceptors (Lipinski definition) is 3. The molecule has 2 atom stereocenters. The van der Waals surface area contributed by atoms with Crippen molar-refractivity contribution in [1.82, 2.24) is 0 Å². The summed E-state index contributed by atoms with van der Waals surface area (Å²) in [6.07, 6.45) is 3.51. The largest absolute Gasteiger partial charge is 0.397 e. The second-order valence-corrected chi connectivity index (χ2v) is 5.31.